The van der Waals surface area contributed by atoms with E-state index >= 15 is 0 Å². The number of esters is 1. The monoisotopic (exact) mass is 359 g/mol. The molecule has 2 aromatic carbocycles. The van der Waals surface area contributed by atoms with E-state index in [9.17, 15) is 18.4 Å². The van der Waals surface area contributed by atoms with Gasteiger partial charge in [-0.15, -0.1) is 0 Å². The number of hydrogen-bond acceptors (Lipinski definition) is 3. The first-order valence-corrected chi connectivity index (χ1v) is 7.91. The lowest BCUT2D eigenvalue weighted by Crippen LogP contribution is -2.28. The molecule has 0 heterocycles. The van der Waals surface area contributed by atoms with Crippen LogP contribution in [0.25, 0.3) is 6.08 Å². The van der Waals surface area contributed by atoms with Gasteiger partial charge in [0.15, 0.2) is 11.6 Å². The highest BCUT2D eigenvalue weighted by molar-refractivity contribution is 5.92. The number of carbonyl (C=O) groups excluding carboxylic acids is 2. The van der Waals surface area contributed by atoms with Gasteiger partial charge in [-0.1, -0.05) is 18.2 Å². The summed E-state index contributed by atoms with van der Waals surface area (Å²) in [6.45, 7) is 1.73. The van der Waals surface area contributed by atoms with Crippen molar-refractivity contribution >= 4 is 18.0 Å². The second kappa shape index (κ2) is 8.38. The number of likely N-dealkylation sites (N-methyl/N-ethyl adjacent to an activating group) is 1. The molecule has 136 valence electrons. The van der Waals surface area contributed by atoms with E-state index in [-0.39, 0.29) is 5.91 Å². The first-order valence-electron chi connectivity index (χ1n) is 7.91. The maximum absolute atomic E-state index is 13.4. The minimum absolute atomic E-state index is 0.292. The van der Waals surface area contributed by atoms with E-state index in [4.69, 9.17) is 0 Å². The highest BCUT2D eigenvalue weighted by atomic mass is 19.2. The Morgan fingerprint density at radius 2 is 1.73 bits per heavy atom. The predicted octanol–water partition coefficient (Wildman–Crippen LogP) is 3.98. The fourth-order valence-corrected chi connectivity index (χ4v) is 2.32. The molecule has 1 amide bonds. The second-order valence-corrected chi connectivity index (χ2v) is 5.75. The van der Waals surface area contributed by atoms with E-state index in [2.05, 4.69) is 4.74 Å². The summed E-state index contributed by atoms with van der Waals surface area (Å²) in [4.78, 5) is 25.1. The molecule has 0 bridgehead atoms. The van der Waals surface area contributed by atoms with Gasteiger partial charge in [0.05, 0.1) is 18.7 Å². The van der Waals surface area contributed by atoms with Crippen LogP contribution in [-0.4, -0.2) is 30.9 Å². The Balaban J connectivity index is 2.06. The quantitative estimate of drug-likeness (QED) is 0.599. The van der Waals surface area contributed by atoms with Crippen LogP contribution in [-0.2, 0) is 9.53 Å². The summed E-state index contributed by atoms with van der Waals surface area (Å²) in [6, 6.07) is 9.72. The number of ether oxygens (including phenoxy) is 1. The van der Waals surface area contributed by atoms with Crippen molar-refractivity contribution in [2.75, 3.05) is 14.2 Å². The molecule has 2 aromatic rings. The minimum atomic E-state index is -0.948. The predicted molar refractivity (Wildman–Crippen MR) is 94.4 cm³/mol. The maximum Gasteiger partial charge on any atom is 0.337 e. The van der Waals surface area contributed by atoms with Crippen LogP contribution in [0.4, 0.5) is 8.78 Å². The zero-order chi connectivity index (χ0) is 19.3. The molecule has 2 rings (SSSR count). The largest absolute Gasteiger partial charge is 0.465 e. The summed E-state index contributed by atoms with van der Waals surface area (Å²) in [5.74, 6) is -2.60. The minimum Gasteiger partial charge on any atom is -0.465 e. The van der Waals surface area contributed by atoms with Crippen LogP contribution in [0.1, 0.15) is 34.5 Å². The van der Waals surface area contributed by atoms with Gasteiger partial charge < -0.3 is 9.64 Å². The number of amides is 1. The number of benzene rings is 2. The molecule has 1 atom stereocenters. The molecule has 0 spiro atoms. The molecular weight excluding hydrogens is 340 g/mol. The molecule has 0 aliphatic rings. The van der Waals surface area contributed by atoms with Crippen molar-refractivity contribution in [3.05, 3.63) is 76.9 Å². The molecule has 0 saturated heterocycles. The van der Waals surface area contributed by atoms with E-state index < -0.39 is 23.6 Å². The van der Waals surface area contributed by atoms with Gasteiger partial charge >= 0.3 is 5.97 Å². The van der Waals surface area contributed by atoms with E-state index in [0.29, 0.717) is 11.1 Å². The van der Waals surface area contributed by atoms with Gasteiger partial charge in [-0.05, 0) is 48.4 Å². The third kappa shape index (κ3) is 4.53. The third-order valence-corrected chi connectivity index (χ3v) is 4.10. The van der Waals surface area contributed by atoms with Gasteiger partial charge in [0.2, 0.25) is 5.91 Å². The molecule has 0 fully saturated rings. The van der Waals surface area contributed by atoms with Gasteiger partial charge in [0.25, 0.3) is 0 Å². The van der Waals surface area contributed by atoms with Crippen LogP contribution in [0.5, 0.6) is 0 Å². The molecule has 0 aliphatic heterocycles. The van der Waals surface area contributed by atoms with Crippen molar-refractivity contribution in [3.63, 3.8) is 0 Å². The van der Waals surface area contributed by atoms with Crippen molar-refractivity contribution < 1.29 is 23.1 Å². The molecule has 0 aliphatic carbocycles. The molecule has 4 nitrogen and oxygen atoms in total. The topological polar surface area (TPSA) is 46.6 Å². The number of hydrogen-bond donors (Lipinski definition) is 0. The van der Waals surface area contributed by atoms with Crippen molar-refractivity contribution in [2.45, 2.75) is 13.0 Å². The molecule has 0 aromatic heterocycles. The average Bonchev–Trinajstić information content (AvgIpc) is 2.66. The first-order chi connectivity index (χ1) is 12.3. The van der Waals surface area contributed by atoms with Crippen LogP contribution in [0.15, 0.2) is 48.5 Å². The number of nitrogens with zero attached hydrogens (tertiary/aromatic N) is 1. The molecular formula is C20H19F2NO3. The molecule has 26 heavy (non-hydrogen) atoms. The lowest BCUT2D eigenvalue weighted by atomic mass is 10.1. The Morgan fingerprint density at radius 3 is 2.31 bits per heavy atom. The van der Waals surface area contributed by atoms with E-state index in [1.807, 2.05) is 0 Å². The van der Waals surface area contributed by atoms with Crippen molar-refractivity contribution in [2.24, 2.45) is 0 Å². The summed E-state index contributed by atoms with van der Waals surface area (Å²) in [5.41, 5.74) is 1.65. The molecule has 0 radical (unpaired) electrons. The Bertz CT molecular complexity index is 831. The fraction of sp³-hybridized carbons (Fsp3) is 0.200. The highest BCUT2D eigenvalue weighted by Gasteiger charge is 2.17. The van der Waals surface area contributed by atoms with Gasteiger partial charge in [-0.25, -0.2) is 13.6 Å². The second-order valence-electron chi connectivity index (χ2n) is 5.75. The summed E-state index contributed by atoms with van der Waals surface area (Å²) >= 11 is 0. The molecule has 0 saturated carbocycles. The van der Waals surface area contributed by atoms with E-state index in [1.165, 1.54) is 24.2 Å². The Labute approximate surface area is 150 Å². The summed E-state index contributed by atoms with van der Waals surface area (Å²) in [5, 5.41) is 0. The number of carbonyl (C=O) groups is 2. The van der Waals surface area contributed by atoms with Crippen LogP contribution in [0.3, 0.4) is 0 Å². The van der Waals surface area contributed by atoms with Crippen molar-refractivity contribution in [1.82, 2.24) is 4.90 Å². The maximum atomic E-state index is 13.4. The number of methoxy groups -OCH3 is 1. The fourth-order valence-electron chi connectivity index (χ4n) is 2.32. The van der Waals surface area contributed by atoms with Gasteiger partial charge in [0.1, 0.15) is 0 Å². The Hall–Kier alpha value is -3.02. The average molecular weight is 359 g/mol. The lowest BCUT2D eigenvalue weighted by molar-refractivity contribution is -0.126. The molecule has 6 heteroatoms. The van der Waals surface area contributed by atoms with Crippen LogP contribution in [0.2, 0.25) is 0 Å². The third-order valence-electron chi connectivity index (χ3n) is 4.10. The zero-order valence-electron chi connectivity index (χ0n) is 14.7. The number of rotatable bonds is 5. The summed E-state index contributed by atoms with van der Waals surface area (Å²) in [6.07, 6.45) is 2.99. The van der Waals surface area contributed by atoms with Crippen LogP contribution >= 0.6 is 0 Å². The molecule has 0 N–H and O–H groups in total. The number of halogens is 2. The van der Waals surface area contributed by atoms with E-state index in [1.54, 1.807) is 44.3 Å². The Kier molecular flexibility index (Phi) is 6.22. The zero-order valence-corrected chi connectivity index (χ0v) is 14.7. The van der Waals surface area contributed by atoms with E-state index in [0.717, 1.165) is 17.7 Å². The SMILES string of the molecule is COC(=O)c1ccc(/C=C/C(=O)N(C)C(C)c2ccc(F)c(F)c2)cc1. The lowest BCUT2D eigenvalue weighted by Gasteiger charge is -2.24. The Morgan fingerprint density at radius 1 is 1.08 bits per heavy atom. The van der Waals surface area contributed by atoms with Gasteiger partial charge in [-0.2, -0.15) is 0 Å². The van der Waals surface area contributed by atoms with Gasteiger partial charge in [0, 0.05) is 13.1 Å². The van der Waals surface area contributed by atoms with Crippen LogP contribution < -0.4 is 0 Å². The molecule has 1 unspecified atom stereocenters. The first kappa shape index (κ1) is 19.3. The van der Waals surface area contributed by atoms with Crippen LogP contribution in [0, 0.1) is 11.6 Å². The smallest absolute Gasteiger partial charge is 0.337 e. The van der Waals surface area contributed by atoms with Crippen molar-refractivity contribution in [1.29, 1.82) is 0 Å². The normalized spacial score (nSPS) is 12.0. The van der Waals surface area contributed by atoms with Gasteiger partial charge in [-0.3, -0.25) is 4.79 Å². The highest BCUT2D eigenvalue weighted by Crippen LogP contribution is 2.21. The summed E-state index contributed by atoms with van der Waals surface area (Å²) < 4.78 is 31.0. The summed E-state index contributed by atoms with van der Waals surface area (Å²) in [7, 11) is 2.89. The van der Waals surface area contributed by atoms with Crippen molar-refractivity contribution in [3.8, 4) is 0 Å². The standard InChI is InChI=1S/C20H19F2NO3/c1-13(16-9-10-17(21)18(22)12-16)23(2)19(24)11-6-14-4-7-15(8-5-14)20(25)26-3/h4-13H,1-3H3/b11-6+.